The van der Waals surface area contributed by atoms with Crippen LogP contribution >= 0.6 is 12.6 Å². The molecule has 0 aromatic heterocycles. The number of thiol groups is 1. The van der Waals surface area contributed by atoms with Crippen LogP contribution in [0.15, 0.2) is 29.2 Å². The highest BCUT2D eigenvalue weighted by Gasteiger charge is 2.22. The third-order valence-electron chi connectivity index (χ3n) is 2.15. The monoisotopic (exact) mass is 253 g/mol. The van der Waals surface area contributed by atoms with Crippen LogP contribution in [0.4, 0.5) is 5.69 Å². The van der Waals surface area contributed by atoms with Crippen LogP contribution < -0.4 is 5.32 Å². The SMILES string of the molecule is CCOC(=O)C(C)C(=O)Nc1cccc(S)c1. The Morgan fingerprint density at radius 3 is 2.76 bits per heavy atom. The van der Waals surface area contributed by atoms with E-state index in [2.05, 4.69) is 17.9 Å². The first-order valence-electron chi connectivity index (χ1n) is 5.31. The van der Waals surface area contributed by atoms with E-state index in [1.54, 1.807) is 31.2 Å². The quantitative estimate of drug-likeness (QED) is 0.491. The van der Waals surface area contributed by atoms with Gasteiger partial charge in [0.2, 0.25) is 5.91 Å². The van der Waals surface area contributed by atoms with Crippen molar-refractivity contribution in [1.29, 1.82) is 0 Å². The third-order valence-corrected chi connectivity index (χ3v) is 2.43. The molecule has 17 heavy (non-hydrogen) atoms. The molecule has 4 nitrogen and oxygen atoms in total. The van der Waals surface area contributed by atoms with Gasteiger partial charge in [0.05, 0.1) is 6.61 Å². The van der Waals surface area contributed by atoms with Crippen LogP contribution in [0.1, 0.15) is 13.8 Å². The van der Waals surface area contributed by atoms with Gasteiger partial charge in [0.25, 0.3) is 0 Å². The van der Waals surface area contributed by atoms with Crippen LogP contribution in [-0.2, 0) is 14.3 Å². The molecule has 1 amide bonds. The summed E-state index contributed by atoms with van der Waals surface area (Å²) in [5.74, 6) is -1.73. The lowest BCUT2D eigenvalue weighted by molar-refractivity contribution is -0.150. The molecule has 5 heteroatoms. The number of amides is 1. The number of rotatable bonds is 4. The van der Waals surface area contributed by atoms with Gasteiger partial charge in [-0.1, -0.05) is 6.07 Å². The summed E-state index contributed by atoms with van der Waals surface area (Å²) >= 11 is 4.16. The molecule has 92 valence electrons. The highest BCUT2D eigenvalue weighted by Crippen LogP contribution is 2.14. The zero-order valence-electron chi connectivity index (χ0n) is 9.77. The summed E-state index contributed by atoms with van der Waals surface area (Å²) in [6.07, 6.45) is 0. The molecule has 0 saturated carbocycles. The molecule has 1 unspecified atom stereocenters. The number of nitrogens with one attached hydrogen (secondary N) is 1. The molecule has 0 heterocycles. The molecule has 1 N–H and O–H groups in total. The Hall–Kier alpha value is -1.49. The van der Waals surface area contributed by atoms with Crippen molar-refractivity contribution in [3.8, 4) is 0 Å². The number of hydrogen-bond acceptors (Lipinski definition) is 4. The number of anilines is 1. The first kappa shape index (κ1) is 13.6. The van der Waals surface area contributed by atoms with E-state index in [-0.39, 0.29) is 12.5 Å². The minimum absolute atomic E-state index is 0.266. The average Bonchev–Trinajstić information content (AvgIpc) is 2.28. The maximum Gasteiger partial charge on any atom is 0.318 e. The molecule has 1 aromatic carbocycles. The first-order chi connectivity index (χ1) is 8.04. The molecular weight excluding hydrogens is 238 g/mol. The molecule has 1 aromatic rings. The van der Waals surface area contributed by atoms with Crippen molar-refractivity contribution >= 4 is 30.2 Å². The van der Waals surface area contributed by atoms with E-state index in [4.69, 9.17) is 4.74 Å². The maximum absolute atomic E-state index is 11.7. The summed E-state index contributed by atoms with van der Waals surface area (Å²) in [5, 5.41) is 2.63. The van der Waals surface area contributed by atoms with Crippen molar-refractivity contribution in [3.05, 3.63) is 24.3 Å². The molecule has 0 radical (unpaired) electrons. The van der Waals surface area contributed by atoms with Crippen LogP contribution in [0.3, 0.4) is 0 Å². The largest absolute Gasteiger partial charge is 0.465 e. The zero-order valence-corrected chi connectivity index (χ0v) is 10.7. The van der Waals surface area contributed by atoms with Crippen molar-refractivity contribution in [3.63, 3.8) is 0 Å². The van der Waals surface area contributed by atoms with Gasteiger partial charge in [-0.15, -0.1) is 12.6 Å². The minimum atomic E-state index is -0.821. The van der Waals surface area contributed by atoms with Gasteiger partial charge < -0.3 is 10.1 Å². The van der Waals surface area contributed by atoms with E-state index in [1.165, 1.54) is 6.92 Å². The van der Waals surface area contributed by atoms with Crippen LogP contribution in [0, 0.1) is 5.92 Å². The second-order valence-electron chi connectivity index (χ2n) is 3.51. The predicted molar refractivity (Wildman–Crippen MR) is 68.1 cm³/mol. The van der Waals surface area contributed by atoms with E-state index in [0.717, 1.165) is 4.90 Å². The molecule has 0 aliphatic rings. The summed E-state index contributed by atoms with van der Waals surface area (Å²) in [5.41, 5.74) is 0.610. The van der Waals surface area contributed by atoms with Gasteiger partial charge in [-0.3, -0.25) is 9.59 Å². The summed E-state index contributed by atoms with van der Waals surface area (Å²) in [4.78, 5) is 23.8. The molecule has 0 aliphatic carbocycles. The second kappa shape index (κ2) is 6.30. The Bertz CT molecular complexity index is 420. The van der Waals surface area contributed by atoms with E-state index >= 15 is 0 Å². The van der Waals surface area contributed by atoms with Gasteiger partial charge in [-0.25, -0.2) is 0 Å². The summed E-state index contributed by atoms with van der Waals surface area (Å²) in [6.45, 7) is 3.48. The van der Waals surface area contributed by atoms with Gasteiger partial charge in [-0.2, -0.15) is 0 Å². The Balaban J connectivity index is 2.63. The standard InChI is InChI=1S/C12H15NO3S/c1-3-16-12(15)8(2)11(14)13-9-5-4-6-10(17)7-9/h4-8,17H,3H2,1-2H3,(H,13,14). The minimum Gasteiger partial charge on any atom is -0.465 e. The Kier molecular flexibility index (Phi) is 5.03. The number of carbonyl (C=O) groups is 2. The fourth-order valence-corrected chi connectivity index (χ4v) is 1.43. The molecule has 0 spiro atoms. The van der Waals surface area contributed by atoms with E-state index in [1.807, 2.05) is 0 Å². The normalized spacial score (nSPS) is 11.7. The van der Waals surface area contributed by atoms with Crippen molar-refractivity contribution in [2.24, 2.45) is 5.92 Å². The lowest BCUT2D eigenvalue weighted by Gasteiger charge is -2.11. The van der Waals surface area contributed by atoms with E-state index in [9.17, 15) is 9.59 Å². The summed E-state index contributed by atoms with van der Waals surface area (Å²) < 4.78 is 4.77. The van der Waals surface area contributed by atoms with Crippen molar-refractivity contribution in [1.82, 2.24) is 0 Å². The number of benzene rings is 1. The van der Waals surface area contributed by atoms with Crippen molar-refractivity contribution < 1.29 is 14.3 Å². The first-order valence-corrected chi connectivity index (χ1v) is 5.76. The van der Waals surface area contributed by atoms with Crippen LogP contribution in [0.5, 0.6) is 0 Å². The van der Waals surface area contributed by atoms with Gasteiger partial charge >= 0.3 is 5.97 Å². The zero-order chi connectivity index (χ0) is 12.8. The molecule has 0 aliphatic heterocycles. The smallest absolute Gasteiger partial charge is 0.318 e. The maximum atomic E-state index is 11.7. The third kappa shape index (κ3) is 4.11. The molecule has 0 bridgehead atoms. The van der Waals surface area contributed by atoms with E-state index in [0.29, 0.717) is 5.69 Å². The Labute approximate surface area is 106 Å². The molecular formula is C12H15NO3S. The van der Waals surface area contributed by atoms with Gasteiger partial charge in [-0.05, 0) is 32.0 Å². The highest BCUT2D eigenvalue weighted by atomic mass is 32.1. The van der Waals surface area contributed by atoms with Gasteiger partial charge in [0.1, 0.15) is 5.92 Å². The van der Waals surface area contributed by atoms with Crippen LogP contribution in [0.25, 0.3) is 0 Å². The molecule has 0 fully saturated rings. The molecule has 1 atom stereocenters. The Morgan fingerprint density at radius 2 is 2.18 bits per heavy atom. The van der Waals surface area contributed by atoms with Crippen LogP contribution in [-0.4, -0.2) is 18.5 Å². The van der Waals surface area contributed by atoms with Crippen LogP contribution in [0.2, 0.25) is 0 Å². The fraction of sp³-hybridized carbons (Fsp3) is 0.333. The fourth-order valence-electron chi connectivity index (χ4n) is 1.21. The van der Waals surface area contributed by atoms with Gasteiger partial charge in [0.15, 0.2) is 0 Å². The number of esters is 1. The lowest BCUT2D eigenvalue weighted by Crippen LogP contribution is -2.28. The highest BCUT2D eigenvalue weighted by molar-refractivity contribution is 7.80. The molecule has 1 rings (SSSR count). The summed E-state index contributed by atoms with van der Waals surface area (Å²) in [7, 11) is 0. The predicted octanol–water partition coefficient (Wildman–Crippen LogP) is 2.11. The number of ether oxygens (including phenoxy) is 1. The molecule has 0 saturated heterocycles. The Morgan fingerprint density at radius 1 is 1.47 bits per heavy atom. The van der Waals surface area contributed by atoms with Crippen molar-refractivity contribution in [2.45, 2.75) is 18.7 Å². The second-order valence-corrected chi connectivity index (χ2v) is 4.03. The topological polar surface area (TPSA) is 55.4 Å². The summed E-state index contributed by atoms with van der Waals surface area (Å²) in [6, 6.07) is 7.01. The van der Waals surface area contributed by atoms with E-state index < -0.39 is 11.9 Å². The number of hydrogen-bond donors (Lipinski definition) is 2. The lowest BCUT2D eigenvalue weighted by atomic mass is 10.1. The number of carbonyl (C=O) groups excluding carboxylic acids is 2. The average molecular weight is 253 g/mol. The van der Waals surface area contributed by atoms with Gasteiger partial charge in [0, 0.05) is 10.6 Å². The van der Waals surface area contributed by atoms with Crippen molar-refractivity contribution in [2.75, 3.05) is 11.9 Å².